The van der Waals surface area contributed by atoms with Crippen LogP contribution in [0.15, 0.2) is 24.3 Å². The smallest absolute Gasteiger partial charge is 0.227 e. The van der Waals surface area contributed by atoms with E-state index in [1.165, 1.54) is 5.56 Å². The molecule has 0 saturated carbocycles. The highest BCUT2D eigenvalue weighted by atomic mass is 16.3. The first-order valence-corrected chi connectivity index (χ1v) is 5.72. The lowest BCUT2D eigenvalue weighted by Crippen LogP contribution is -2.36. The average molecular weight is 219 g/mol. The summed E-state index contributed by atoms with van der Waals surface area (Å²) in [5.41, 5.74) is 2.43. The van der Waals surface area contributed by atoms with Crippen molar-refractivity contribution >= 4 is 5.91 Å². The van der Waals surface area contributed by atoms with Gasteiger partial charge in [0.25, 0.3) is 0 Å². The molecule has 0 radical (unpaired) electrons. The van der Waals surface area contributed by atoms with E-state index in [4.69, 9.17) is 5.11 Å². The lowest BCUT2D eigenvalue weighted by molar-refractivity contribution is -0.123. The molecule has 0 fully saturated rings. The highest BCUT2D eigenvalue weighted by Crippen LogP contribution is 2.34. The molecule has 1 amide bonds. The van der Waals surface area contributed by atoms with E-state index in [2.05, 4.69) is 11.4 Å². The Morgan fingerprint density at radius 1 is 1.56 bits per heavy atom. The lowest BCUT2D eigenvalue weighted by Gasteiger charge is -2.28. The summed E-state index contributed by atoms with van der Waals surface area (Å²) >= 11 is 0. The van der Waals surface area contributed by atoms with Crippen molar-refractivity contribution in [2.45, 2.75) is 31.8 Å². The third kappa shape index (κ3) is 2.25. The number of aliphatic hydroxyl groups is 1. The quantitative estimate of drug-likeness (QED) is 0.799. The van der Waals surface area contributed by atoms with Gasteiger partial charge in [0.15, 0.2) is 0 Å². The zero-order chi connectivity index (χ0) is 11.5. The molecule has 0 saturated heterocycles. The molecule has 86 valence electrons. The van der Waals surface area contributed by atoms with Gasteiger partial charge >= 0.3 is 0 Å². The number of aliphatic hydroxyl groups excluding tert-OH is 1. The third-order valence-corrected chi connectivity index (χ3v) is 3.03. The predicted molar refractivity (Wildman–Crippen MR) is 62.2 cm³/mol. The minimum Gasteiger partial charge on any atom is -0.393 e. The second kappa shape index (κ2) is 4.66. The molecule has 1 aliphatic carbocycles. The Bertz CT molecular complexity index is 387. The second-order valence-electron chi connectivity index (χ2n) is 4.38. The van der Waals surface area contributed by atoms with E-state index in [1.54, 1.807) is 6.92 Å². The Morgan fingerprint density at radius 3 is 3.00 bits per heavy atom. The summed E-state index contributed by atoms with van der Waals surface area (Å²) < 4.78 is 0. The minimum atomic E-state index is -0.353. The van der Waals surface area contributed by atoms with Crippen LogP contribution < -0.4 is 5.32 Å². The third-order valence-electron chi connectivity index (χ3n) is 3.03. The first-order valence-electron chi connectivity index (χ1n) is 5.72. The number of carbonyl (C=O) groups is 1. The SMILES string of the molecule is CC(O)CCNC(=O)C1Cc2ccccc21. The van der Waals surface area contributed by atoms with Crippen molar-refractivity contribution < 1.29 is 9.90 Å². The Kier molecular flexibility index (Phi) is 3.25. The minimum absolute atomic E-state index is 0.0187. The molecule has 16 heavy (non-hydrogen) atoms. The first kappa shape index (κ1) is 11.1. The molecule has 2 unspecified atom stereocenters. The van der Waals surface area contributed by atoms with Gasteiger partial charge in [0, 0.05) is 6.54 Å². The highest BCUT2D eigenvalue weighted by molar-refractivity contribution is 5.86. The molecule has 3 nitrogen and oxygen atoms in total. The molecule has 1 aromatic carbocycles. The molecule has 0 aliphatic heterocycles. The van der Waals surface area contributed by atoms with Gasteiger partial charge in [-0.05, 0) is 30.9 Å². The van der Waals surface area contributed by atoms with Crippen LogP contribution >= 0.6 is 0 Å². The largest absolute Gasteiger partial charge is 0.393 e. The normalized spacial score (nSPS) is 19.5. The second-order valence-corrected chi connectivity index (χ2v) is 4.38. The number of hydrogen-bond donors (Lipinski definition) is 2. The van der Waals surface area contributed by atoms with E-state index in [0.717, 1.165) is 12.0 Å². The molecule has 2 atom stereocenters. The van der Waals surface area contributed by atoms with Crippen LogP contribution in [0, 0.1) is 0 Å². The molecule has 0 spiro atoms. The van der Waals surface area contributed by atoms with Crippen molar-refractivity contribution in [1.29, 1.82) is 0 Å². The molecule has 1 aromatic rings. The van der Waals surface area contributed by atoms with Crippen LogP contribution in [-0.4, -0.2) is 23.7 Å². The van der Waals surface area contributed by atoms with Gasteiger partial charge in [0.1, 0.15) is 0 Å². The number of benzene rings is 1. The lowest BCUT2D eigenvalue weighted by atomic mass is 9.77. The maximum atomic E-state index is 11.8. The van der Waals surface area contributed by atoms with E-state index < -0.39 is 0 Å². The highest BCUT2D eigenvalue weighted by Gasteiger charge is 2.31. The van der Waals surface area contributed by atoms with Gasteiger partial charge in [-0.1, -0.05) is 24.3 Å². The molecular weight excluding hydrogens is 202 g/mol. The first-order chi connectivity index (χ1) is 7.68. The zero-order valence-electron chi connectivity index (χ0n) is 9.44. The average Bonchev–Trinajstić information content (AvgIpc) is 2.19. The van der Waals surface area contributed by atoms with Crippen molar-refractivity contribution in [3.8, 4) is 0 Å². The van der Waals surface area contributed by atoms with Crippen LogP contribution in [0.1, 0.15) is 30.4 Å². The van der Waals surface area contributed by atoms with Gasteiger partial charge in [-0.2, -0.15) is 0 Å². The summed E-state index contributed by atoms with van der Waals surface area (Å²) in [6, 6.07) is 8.04. The number of fused-ring (bicyclic) bond motifs is 1. The van der Waals surface area contributed by atoms with Crippen LogP contribution in [0.3, 0.4) is 0 Å². The van der Waals surface area contributed by atoms with Crippen molar-refractivity contribution in [1.82, 2.24) is 5.32 Å². The van der Waals surface area contributed by atoms with Crippen molar-refractivity contribution in [2.75, 3.05) is 6.54 Å². The van der Waals surface area contributed by atoms with Crippen molar-refractivity contribution in [3.63, 3.8) is 0 Å². The monoisotopic (exact) mass is 219 g/mol. The molecular formula is C13H17NO2. The molecule has 2 rings (SSSR count). The zero-order valence-corrected chi connectivity index (χ0v) is 9.44. The summed E-state index contributed by atoms with van der Waals surface area (Å²) in [6.45, 7) is 2.28. The summed E-state index contributed by atoms with van der Waals surface area (Å²) in [5.74, 6) is 0.101. The molecule has 0 aromatic heterocycles. The fourth-order valence-electron chi connectivity index (χ4n) is 2.02. The van der Waals surface area contributed by atoms with Crippen LogP contribution in [0.4, 0.5) is 0 Å². The Hall–Kier alpha value is -1.35. The number of carbonyl (C=O) groups excluding carboxylic acids is 1. The van der Waals surface area contributed by atoms with Gasteiger partial charge in [0.05, 0.1) is 12.0 Å². The number of rotatable bonds is 4. The van der Waals surface area contributed by atoms with Crippen molar-refractivity contribution in [3.05, 3.63) is 35.4 Å². The van der Waals surface area contributed by atoms with Crippen LogP contribution in [0.2, 0.25) is 0 Å². The number of hydrogen-bond acceptors (Lipinski definition) is 2. The molecule has 2 N–H and O–H groups in total. The van der Waals surface area contributed by atoms with E-state index in [1.807, 2.05) is 18.2 Å². The van der Waals surface area contributed by atoms with Gasteiger partial charge < -0.3 is 10.4 Å². The molecule has 0 bridgehead atoms. The predicted octanol–water partition coefficient (Wildman–Crippen LogP) is 1.21. The van der Waals surface area contributed by atoms with E-state index in [9.17, 15) is 4.79 Å². The van der Waals surface area contributed by atoms with E-state index in [0.29, 0.717) is 13.0 Å². The van der Waals surface area contributed by atoms with Crippen LogP contribution in [0.5, 0.6) is 0 Å². The summed E-state index contributed by atoms with van der Waals surface area (Å²) in [4.78, 5) is 11.8. The summed E-state index contributed by atoms with van der Waals surface area (Å²) in [7, 11) is 0. The summed E-state index contributed by atoms with van der Waals surface area (Å²) in [5, 5.41) is 11.9. The van der Waals surface area contributed by atoms with Gasteiger partial charge in [-0.25, -0.2) is 0 Å². The Labute approximate surface area is 95.5 Å². The van der Waals surface area contributed by atoms with Gasteiger partial charge in [0.2, 0.25) is 5.91 Å². The van der Waals surface area contributed by atoms with E-state index >= 15 is 0 Å². The fourth-order valence-corrected chi connectivity index (χ4v) is 2.02. The maximum absolute atomic E-state index is 11.8. The Balaban J connectivity index is 1.85. The molecule has 0 heterocycles. The molecule has 1 aliphatic rings. The van der Waals surface area contributed by atoms with Crippen LogP contribution in [0.25, 0.3) is 0 Å². The Morgan fingerprint density at radius 2 is 2.31 bits per heavy atom. The van der Waals surface area contributed by atoms with Crippen LogP contribution in [-0.2, 0) is 11.2 Å². The van der Waals surface area contributed by atoms with Gasteiger partial charge in [-0.3, -0.25) is 4.79 Å². The number of nitrogens with one attached hydrogen (secondary N) is 1. The molecule has 3 heteroatoms. The number of amides is 1. The fraction of sp³-hybridized carbons (Fsp3) is 0.462. The topological polar surface area (TPSA) is 49.3 Å². The van der Waals surface area contributed by atoms with Gasteiger partial charge in [-0.15, -0.1) is 0 Å². The maximum Gasteiger partial charge on any atom is 0.227 e. The van der Waals surface area contributed by atoms with Crippen molar-refractivity contribution in [2.24, 2.45) is 0 Å². The standard InChI is InChI=1S/C13H17NO2/c1-9(15)6-7-14-13(16)12-8-10-4-2-3-5-11(10)12/h2-5,9,12,15H,6-8H2,1H3,(H,14,16). The van der Waals surface area contributed by atoms with E-state index in [-0.39, 0.29) is 17.9 Å². The summed E-state index contributed by atoms with van der Waals surface area (Å²) in [6.07, 6.45) is 1.10.